The number of carboxylic acid groups (broad SMARTS) is 3. The summed E-state index contributed by atoms with van der Waals surface area (Å²) in [5, 5.41) is 32.0. The van der Waals surface area contributed by atoms with Gasteiger partial charge in [-0.15, -0.1) is 0 Å². The van der Waals surface area contributed by atoms with Gasteiger partial charge in [0.15, 0.2) is 0 Å². The minimum Gasteiger partial charge on any atom is -1.00 e. The second kappa shape index (κ2) is 32.0. The third kappa shape index (κ3) is 272. The summed E-state index contributed by atoms with van der Waals surface area (Å²) in [5.41, 5.74) is 5.10. The predicted octanol–water partition coefficient (Wildman–Crippen LogP) is -2.96. The maximum Gasteiger partial charge on any atom is 1.00 e. The Balaban J connectivity index is -0.0000000270. The average Bonchev–Trinajstić information content (AvgIpc) is 2.15. The van der Waals surface area contributed by atoms with Gasteiger partial charge >= 0.3 is 29.6 Å². The van der Waals surface area contributed by atoms with Gasteiger partial charge in [0, 0.05) is 57.5 Å². The predicted molar refractivity (Wildman–Crippen MR) is 69.1 cm³/mol. The van der Waals surface area contributed by atoms with Gasteiger partial charge in [0.2, 0.25) is 0 Å². The Morgan fingerprint density at radius 1 is 1.00 bits per heavy atom. The Morgan fingerprint density at radius 3 is 1.24 bits per heavy atom. The summed E-state index contributed by atoms with van der Waals surface area (Å²) in [6, 6.07) is 0. The molecular formula is C10H25MnN2NaO7. The zero-order valence-electron chi connectivity index (χ0n) is 14.0. The van der Waals surface area contributed by atoms with Crippen LogP contribution < -0.4 is 35.3 Å². The minimum absolute atomic E-state index is 0. The fourth-order valence-corrected chi connectivity index (χ4v) is 0.307. The van der Waals surface area contributed by atoms with E-state index in [-0.39, 0.29) is 48.1 Å². The number of carbonyl (C=O) groups is 3. The molecule has 11 heteroatoms. The van der Waals surface area contributed by atoms with Gasteiger partial charge < -0.3 is 27.7 Å². The third-order valence-corrected chi connectivity index (χ3v) is 0.752. The number of rotatable bonds is 3. The van der Waals surface area contributed by atoms with Gasteiger partial charge in [-0.1, -0.05) is 6.92 Å². The Bertz CT molecular complexity index is 211. The van der Waals surface area contributed by atoms with Crippen molar-refractivity contribution in [2.45, 2.75) is 27.7 Å². The first-order valence-electron chi connectivity index (χ1n) is 5.23. The number of aliphatic carboxylic acids is 3. The number of carboxylic acids is 3. The van der Waals surface area contributed by atoms with Gasteiger partial charge in [0.25, 0.3) is 17.9 Å². The standard InChI is InChI=1S/C4H12N2O.3C2H4O2.Mn.Na.H/c1-2-6(7)4-3-5;3*1-2(3)4;;;/h7H,2-5H2,1H3;3*1H3,(H,3,4);;;/q;;;;;+1;-1. The van der Waals surface area contributed by atoms with E-state index < -0.39 is 17.9 Å². The van der Waals surface area contributed by atoms with Crippen LogP contribution in [-0.4, -0.2) is 63.1 Å². The first kappa shape index (κ1) is 37.2. The summed E-state index contributed by atoms with van der Waals surface area (Å²) in [5.74, 6) is -2.50. The Labute approximate surface area is 158 Å². The van der Waals surface area contributed by atoms with Gasteiger partial charge in [-0.25, -0.2) is 0 Å². The van der Waals surface area contributed by atoms with Gasteiger partial charge in [-0.2, -0.15) is 5.06 Å². The quantitative estimate of drug-likeness (QED) is 0.261. The molecule has 0 rings (SSSR count). The van der Waals surface area contributed by atoms with Crippen LogP contribution in [-0.2, 0) is 31.5 Å². The largest absolute Gasteiger partial charge is 1.00 e. The molecule has 0 heterocycles. The molecule has 0 atom stereocenters. The van der Waals surface area contributed by atoms with Crippen molar-refractivity contribution in [3.8, 4) is 0 Å². The van der Waals surface area contributed by atoms with Crippen LogP contribution in [0.1, 0.15) is 29.1 Å². The second-order valence-electron chi connectivity index (χ2n) is 2.89. The maximum absolute atomic E-state index is 9.00. The first-order chi connectivity index (χ1) is 8.50. The fourth-order valence-electron chi connectivity index (χ4n) is 0.307. The van der Waals surface area contributed by atoms with Crippen LogP contribution >= 0.6 is 0 Å². The van der Waals surface area contributed by atoms with E-state index in [1.54, 1.807) is 0 Å². The van der Waals surface area contributed by atoms with Crippen LogP contribution in [0.3, 0.4) is 0 Å². The van der Waals surface area contributed by atoms with Crippen LogP contribution in [0.15, 0.2) is 0 Å². The monoisotopic (exact) mass is 363 g/mol. The molecule has 0 spiro atoms. The van der Waals surface area contributed by atoms with Gasteiger partial charge in [-0.05, 0) is 0 Å². The summed E-state index contributed by atoms with van der Waals surface area (Å²) in [7, 11) is 0. The topological polar surface area (TPSA) is 161 Å². The third-order valence-electron chi connectivity index (χ3n) is 0.752. The molecule has 0 aromatic rings. The Morgan fingerprint density at radius 2 is 1.19 bits per heavy atom. The molecule has 0 fully saturated rings. The summed E-state index contributed by atoms with van der Waals surface area (Å²) < 4.78 is 0. The SMILES string of the molecule is CC(=O)O.CC(=O)O.CC(=O)O.CCN(O)CCN.[H-].[Mn].[Na+]. The van der Waals surface area contributed by atoms with Crippen molar-refractivity contribution < 1.29 is 83.0 Å². The summed E-state index contributed by atoms with van der Waals surface area (Å²) in [6.07, 6.45) is 0. The van der Waals surface area contributed by atoms with E-state index in [1.807, 2.05) is 6.92 Å². The van der Waals surface area contributed by atoms with E-state index in [0.29, 0.717) is 19.6 Å². The van der Waals surface area contributed by atoms with E-state index in [2.05, 4.69) is 0 Å². The molecule has 6 N–H and O–H groups in total. The Kier molecular flexibility index (Phi) is 56.7. The molecule has 1 radical (unpaired) electrons. The normalized spacial score (nSPS) is 7.00. The number of nitrogens with zero attached hydrogens (tertiary/aromatic N) is 1. The van der Waals surface area contributed by atoms with Crippen molar-refractivity contribution in [2.24, 2.45) is 5.73 Å². The maximum atomic E-state index is 9.00. The van der Waals surface area contributed by atoms with Crippen molar-refractivity contribution in [1.29, 1.82) is 0 Å². The molecule has 21 heavy (non-hydrogen) atoms. The van der Waals surface area contributed by atoms with Crippen LogP contribution in [0.2, 0.25) is 0 Å². The van der Waals surface area contributed by atoms with Crippen molar-refractivity contribution in [3.63, 3.8) is 0 Å². The number of nitrogens with two attached hydrogens (primary N) is 1. The molecule has 0 aromatic carbocycles. The molecule has 0 aliphatic carbocycles. The summed E-state index contributed by atoms with van der Waals surface area (Å²) >= 11 is 0. The van der Waals surface area contributed by atoms with Crippen LogP contribution in [0.5, 0.6) is 0 Å². The molecule has 0 amide bonds. The van der Waals surface area contributed by atoms with Crippen LogP contribution in [0.25, 0.3) is 0 Å². The zero-order valence-corrected chi connectivity index (χ0v) is 16.2. The molecule has 0 aromatic heterocycles. The second-order valence-corrected chi connectivity index (χ2v) is 2.89. The minimum atomic E-state index is -0.833. The fraction of sp³-hybridized carbons (Fsp3) is 0.700. The van der Waals surface area contributed by atoms with Crippen molar-refractivity contribution in [2.75, 3.05) is 19.6 Å². The first-order valence-corrected chi connectivity index (χ1v) is 5.23. The number of hydrogen-bond donors (Lipinski definition) is 5. The molecule has 0 bridgehead atoms. The molecule has 0 aliphatic heterocycles. The smallest absolute Gasteiger partial charge is 1.00 e. The molecule has 125 valence electrons. The molecule has 0 saturated carbocycles. The van der Waals surface area contributed by atoms with Crippen LogP contribution in [0.4, 0.5) is 0 Å². The van der Waals surface area contributed by atoms with E-state index in [0.717, 1.165) is 20.8 Å². The van der Waals surface area contributed by atoms with Crippen molar-refractivity contribution in [1.82, 2.24) is 5.06 Å². The van der Waals surface area contributed by atoms with E-state index in [1.165, 1.54) is 5.06 Å². The molecule has 0 saturated heterocycles. The molecule has 0 aliphatic rings. The van der Waals surface area contributed by atoms with Gasteiger partial charge in [-0.3, -0.25) is 14.4 Å². The zero-order chi connectivity index (χ0) is 16.4. The number of hydroxylamine groups is 2. The number of hydrogen-bond acceptors (Lipinski definition) is 6. The number of likely N-dealkylation sites (N-methyl/N-ethyl adjacent to an activating group) is 1. The molecule has 9 nitrogen and oxygen atoms in total. The summed E-state index contributed by atoms with van der Waals surface area (Å²) in [6.45, 7) is 6.85. The Hall–Kier alpha value is -0.191. The van der Waals surface area contributed by atoms with Crippen LogP contribution in [0, 0.1) is 0 Å². The van der Waals surface area contributed by atoms with E-state index in [4.69, 9.17) is 40.6 Å². The van der Waals surface area contributed by atoms with E-state index in [9.17, 15) is 0 Å². The van der Waals surface area contributed by atoms with Crippen molar-refractivity contribution >= 4 is 17.9 Å². The van der Waals surface area contributed by atoms with Crippen molar-refractivity contribution in [3.05, 3.63) is 0 Å². The average molecular weight is 363 g/mol. The van der Waals surface area contributed by atoms with Gasteiger partial charge in [0.1, 0.15) is 0 Å². The molecular weight excluding hydrogens is 338 g/mol. The van der Waals surface area contributed by atoms with E-state index >= 15 is 0 Å². The van der Waals surface area contributed by atoms with Gasteiger partial charge in [0.05, 0.1) is 0 Å². The summed E-state index contributed by atoms with van der Waals surface area (Å²) in [4.78, 5) is 27.0. The molecule has 0 unspecified atom stereocenters.